The molecule has 32 heavy (non-hydrogen) atoms. The van der Waals surface area contributed by atoms with Crippen molar-refractivity contribution in [2.45, 2.75) is 48.5 Å². The summed E-state index contributed by atoms with van der Waals surface area (Å²) in [6, 6.07) is 3.01. The monoisotopic (exact) mass is 486 g/mol. The number of thioether (sulfide) groups is 1. The molecule has 2 fully saturated rings. The Bertz CT molecular complexity index is 970. The molecule has 0 saturated carbocycles. The number of hydrogen-bond acceptors (Lipinski definition) is 8. The number of ether oxygens (including phenoxy) is 1. The topological polar surface area (TPSA) is 145 Å². The first-order chi connectivity index (χ1) is 15.2. The van der Waals surface area contributed by atoms with Crippen LogP contribution in [0.4, 0.5) is 4.79 Å². The second-order valence-corrected chi connectivity index (χ2v) is 10.2. The minimum absolute atomic E-state index is 0.0732. The molecule has 3 N–H and O–H groups in total. The molecule has 11 nitrogen and oxygen atoms in total. The molecule has 1 aromatic rings. The van der Waals surface area contributed by atoms with Gasteiger partial charge in [-0.15, -0.1) is 11.8 Å². The predicted molar refractivity (Wildman–Crippen MR) is 116 cm³/mol. The molecule has 2 aliphatic rings. The molecule has 0 spiro atoms. The Morgan fingerprint density at radius 3 is 2.56 bits per heavy atom. The highest BCUT2D eigenvalue weighted by atomic mass is 32.2. The Balaban J connectivity index is 1.84. The van der Waals surface area contributed by atoms with Crippen LogP contribution in [0, 0.1) is 0 Å². The minimum Gasteiger partial charge on any atom is -0.494 e. The Labute approximate surface area is 190 Å². The predicted octanol–water partition coefficient (Wildman–Crippen LogP) is 0.743. The van der Waals surface area contributed by atoms with Gasteiger partial charge in [0, 0.05) is 6.54 Å². The zero-order valence-electron chi connectivity index (χ0n) is 17.7. The number of amides is 4. The molecule has 2 aliphatic heterocycles. The zero-order valence-corrected chi connectivity index (χ0v) is 19.3. The second-order valence-electron chi connectivity index (χ2n) is 7.40. The van der Waals surface area contributed by atoms with Crippen molar-refractivity contribution in [2.75, 3.05) is 19.4 Å². The summed E-state index contributed by atoms with van der Waals surface area (Å²) >= 11 is 1.14. The van der Waals surface area contributed by atoms with Crippen LogP contribution in [0.1, 0.15) is 26.2 Å². The smallest absolute Gasteiger partial charge is 0.325 e. The SMILES string of the molecule is CCCCOc1ccc(S(=O)(=O)N2C[C@@H](N3C(=O)NC(SC)C3=O)C[C@@H]2C(=O)NO)cc1. The van der Waals surface area contributed by atoms with Gasteiger partial charge in [-0.3, -0.25) is 19.7 Å². The summed E-state index contributed by atoms with van der Waals surface area (Å²) in [6.07, 6.45) is 3.36. The number of carbonyl (C=O) groups excluding carboxylic acids is 3. The summed E-state index contributed by atoms with van der Waals surface area (Å²) in [5.41, 5.74) is 1.48. The molecule has 0 bridgehead atoms. The molecule has 2 saturated heterocycles. The third kappa shape index (κ3) is 4.70. The van der Waals surface area contributed by atoms with Gasteiger partial charge in [-0.2, -0.15) is 4.31 Å². The van der Waals surface area contributed by atoms with E-state index in [1.54, 1.807) is 6.26 Å². The van der Waals surface area contributed by atoms with Gasteiger partial charge in [0.25, 0.3) is 11.8 Å². The number of imide groups is 1. The molecule has 2 heterocycles. The van der Waals surface area contributed by atoms with E-state index in [2.05, 4.69) is 5.32 Å². The largest absolute Gasteiger partial charge is 0.494 e. The van der Waals surface area contributed by atoms with Crippen LogP contribution in [0.15, 0.2) is 29.2 Å². The fourth-order valence-electron chi connectivity index (χ4n) is 3.70. The number of carbonyl (C=O) groups is 3. The number of sulfonamides is 1. The Kier molecular flexibility index (Phi) is 7.64. The van der Waals surface area contributed by atoms with Crippen LogP contribution in [0.25, 0.3) is 0 Å². The summed E-state index contributed by atoms with van der Waals surface area (Å²) in [5.74, 6) is -0.920. The number of unbranched alkanes of at least 4 members (excludes halogenated alkanes) is 1. The average molecular weight is 487 g/mol. The van der Waals surface area contributed by atoms with E-state index in [9.17, 15) is 22.8 Å². The van der Waals surface area contributed by atoms with Crippen molar-refractivity contribution >= 4 is 39.6 Å². The van der Waals surface area contributed by atoms with Crippen molar-refractivity contribution in [1.29, 1.82) is 0 Å². The van der Waals surface area contributed by atoms with Crippen LogP contribution in [0.5, 0.6) is 5.75 Å². The lowest BCUT2D eigenvalue weighted by molar-refractivity contribution is -0.133. The molecule has 176 valence electrons. The molecule has 3 atom stereocenters. The summed E-state index contributed by atoms with van der Waals surface area (Å²) in [7, 11) is -4.17. The molecule has 0 aliphatic carbocycles. The van der Waals surface area contributed by atoms with Gasteiger partial charge < -0.3 is 10.1 Å². The molecule has 3 rings (SSSR count). The summed E-state index contributed by atoms with van der Waals surface area (Å²) in [5, 5.41) is 10.9. The van der Waals surface area contributed by atoms with Crippen LogP contribution in [0.2, 0.25) is 0 Å². The standard InChI is InChI=1S/C19H26N4O7S2/c1-3-4-9-30-13-5-7-14(8-6-13)32(28,29)22-11-12(10-15(22)16(24)21-27)23-18(25)17(31-2)20-19(23)26/h5-8,12,15,17,27H,3-4,9-11H2,1-2H3,(H,20,26)(H,21,24)/t12-,15+,17?/m0/s1. The fourth-order valence-corrected chi connectivity index (χ4v) is 5.87. The number of hydrogen-bond donors (Lipinski definition) is 3. The molecule has 1 aromatic carbocycles. The number of urea groups is 1. The van der Waals surface area contributed by atoms with Crippen molar-refractivity contribution < 1.29 is 32.7 Å². The van der Waals surface area contributed by atoms with Crippen molar-refractivity contribution in [2.24, 2.45) is 0 Å². The maximum Gasteiger partial charge on any atom is 0.325 e. The highest BCUT2D eigenvalue weighted by Crippen LogP contribution is 2.32. The Hall–Kier alpha value is -2.35. The molecule has 1 unspecified atom stereocenters. The molecular formula is C19H26N4O7S2. The van der Waals surface area contributed by atoms with Gasteiger partial charge in [-0.05, 0) is 43.4 Å². The zero-order chi connectivity index (χ0) is 23.5. The van der Waals surface area contributed by atoms with Gasteiger partial charge >= 0.3 is 6.03 Å². The van der Waals surface area contributed by atoms with Crippen LogP contribution in [-0.2, 0) is 19.6 Å². The maximum absolute atomic E-state index is 13.3. The van der Waals surface area contributed by atoms with Gasteiger partial charge in [-0.25, -0.2) is 18.7 Å². The number of hydroxylamine groups is 1. The molecular weight excluding hydrogens is 460 g/mol. The number of nitrogens with zero attached hydrogens (tertiary/aromatic N) is 2. The van der Waals surface area contributed by atoms with E-state index < -0.39 is 45.3 Å². The summed E-state index contributed by atoms with van der Waals surface area (Å²) < 4.78 is 33.0. The van der Waals surface area contributed by atoms with Crippen molar-refractivity contribution in [3.8, 4) is 5.75 Å². The van der Waals surface area contributed by atoms with Crippen LogP contribution in [0.3, 0.4) is 0 Å². The lowest BCUT2D eigenvalue weighted by Crippen LogP contribution is -2.45. The maximum atomic E-state index is 13.3. The second kappa shape index (κ2) is 10.1. The quantitative estimate of drug-likeness (QED) is 0.201. The molecule has 0 radical (unpaired) electrons. The minimum atomic E-state index is -4.17. The van der Waals surface area contributed by atoms with Crippen LogP contribution >= 0.6 is 11.8 Å². The van der Waals surface area contributed by atoms with E-state index in [0.717, 1.165) is 33.8 Å². The first-order valence-corrected chi connectivity index (χ1v) is 12.8. The third-order valence-corrected chi connectivity index (χ3v) is 8.06. The highest BCUT2D eigenvalue weighted by Gasteiger charge is 2.51. The van der Waals surface area contributed by atoms with Gasteiger partial charge in [-0.1, -0.05) is 13.3 Å². The van der Waals surface area contributed by atoms with E-state index in [0.29, 0.717) is 12.4 Å². The third-order valence-electron chi connectivity index (χ3n) is 5.38. The van der Waals surface area contributed by atoms with Crippen LogP contribution in [-0.4, -0.2) is 77.5 Å². The average Bonchev–Trinajstić information content (AvgIpc) is 3.34. The van der Waals surface area contributed by atoms with Crippen LogP contribution < -0.4 is 15.5 Å². The summed E-state index contributed by atoms with van der Waals surface area (Å²) in [6.45, 7) is 2.27. The molecule has 4 amide bonds. The van der Waals surface area contributed by atoms with Crippen molar-refractivity contribution in [3.63, 3.8) is 0 Å². The fraction of sp³-hybridized carbons (Fsp3) is 0.526. The van der Waals surface area contributed by atoms with E-state index in [4.69, 9.17) is 9.94 Å². The first-order valence-electron chi connectivity index (χ1n) is 10.1. The van der Waals surface area contributed by atoms with Crippen molar-refractivity contribution in [3.05, 3.63) is 24.3 Å². The van der Waals surface area contributed by atoms with Gasteiger partial charge in [0.05, 0.1) is 17.5 Å². The molecule has 0 aromatic heterocycles. The van der Waals surface area contributed by atoms with Gasteiger partial charge in [0.2, 0.25) is 10.0 Å². The van der Waals surface area contributed by atoms with Crippen molar-refractivity contribution in [1.82, 2.24) is 20.0 Å². The lowest BCUT2D eigenvalue weighted by atomic mass is 10.1. The molecule has 13 heteroatoms. The highest BCUT2D eigenvalue weighted by molar-refractivity contribution is 7.99. The first kappa shape index (κ1) is 24.3. The van der Waals surface area contributed by atoms with Gasteiger partial charge in [0.1, 0.15) is 11.8 Å². The Morgan fingerprint density at radius 1 is 1.31 bits per heavy atom. The lowest BCUT2D eigenvalue weighted by Gasteiger charge is -2.23. The summed E-state index contributed by atoms with van der Waals surface area (Å²) in [4.78, 5) is 38.0. The van der Waals surface area contributed by atoms with E-state index in [1.807, 2.05) is 6.92 Å². The van der Waals surface area contributed by atoms with E-state index in [1.165, 1.54) is 29.7 Å². The van der Waals surface area contributed by atoms with Gasteiger partial charge in [0.15, 0.2) is 5.37 Å². The normalized spacial score (nSPS) is 24.0. The number of nitrogens with one attached hydrogen (secondary N) is 2. The van der Waals surface area contributed by atoms with E-state index >= 15 is 0 Å². The van der Waals surface area contributed by atoms with E-state index in [-0.39, 0.29) is 17.9 Å². The Morgan fingerprint density at radius 2 is 2.00 bits per heavy atom. The number of rotatable bonds is 9. The number of benzene rings is 1.